The first-order valence-electron chi connectivity index (χ1n) is 6.05. The third-order valence-electron chi connectivity index (χ3n) is 2.95. The van der Waals surface area contributed by atoms with Crippen LogP contribution in [0.15, 0.2) is 48.5 Å². The maximum atomic E-state index is 9.44. The van der Waals surface area contributed by atoms with Crippen LogP contribution in [0.5, 0.6) is 0 Å². The number of benzene rings is 2. The molecule has 1 fully saturated rings. The van der Waals surface area contributed by atoms with E-state index in [1.807, 2.05) is 48.5 Å². The molecule has 0 aliphatic carbocycles. The Morgan fingerprint density at radius 1 is 0.947 bits per heavy atom. The van der Waals surface area contributed by atoms with Gasteiger partial charge >= 0.3 is 0 Å². The number of pyridine rings is 1. The van der Waals surface area contributed by atoms with Gasteiger partial charge in [0.25, 0.3) is 0 Å². The molecule has 1 aliphatic heterocycles. The Kier molecular flexibility index (Phi) is 2.76. The first-order chi connectivity index (χ1) is 9.25. The lowest BCUT2D eigenvalue weighted by atomic mass is 10.1. The number of carbonyl (C=O) groups excluding carboxylic acids is 1. The summed E-state index contributed by atoms with van der Waals surface area (Å²) in [6, 6.07) is 15.9. The zero-order chi connectivity index (χ0) is 13.2. The Balaban J connectivity index is 0.000000237. The second-order valence-corrected chi connectivity index (χ2v) is 4.34. The number of nitrogens with two attached hydrogens (primary N) is 1. The first-order valence-corrected chi connectivity index (χ1v) is 6.05. The largest absolute Gasteiger partial charge is 0.398 e. The van der Waals surface area contributed by atoms with Crippen molar-refractivity contribution in [2.45, 2.75) is 0 Å². The van der Waals surface area contributed by atoms with Crippen molar-refractivity contribution in [2.24, 2.45) is 0 Å². The number of rotatable bonds is 0. The molecule has 2 aromatic carbocycles. The predicted molar refractivity (Wildman–Crippen MR) is 76.7 cm³/mol. The van der Waals surface area contributed by atoms with Crippen LogP contribution >= 0.6 is 0 Å². The second kappa shape index (κ2) is 4.57. The van der Waals surface area contributed by atoms with E-state index < -0.39 is 0 Å². The van der Waals surface area contributed by atoms with Gasteiger partial charge in [-0.3, -0.25) is 4.79 Å². The highest BCUT2D eigenvalue weighted by atomic mass is 16.2. The van der Waals surface area contributed by atoms with E-state index >= 15 is 0 Å². The molecule has 1 saturated heterocycles. The van der Waals surface area contributed by atoms with E-state index in [2.05, 4.69) is 10.3 Å². The topological polar surface area (TPSA) is 77.9 Å². The summed E-state index contributed by atoms with van der Waals surface area (Å²) in [5, 5.41) is 4.51. The van der Waals surface area contributed by atoms with E-state index in [1.54, 1.807) is 0 Å². The summed E-state index contributed by atoms with van der Waals surface area (Å²) in [5.41, 5.74) is 8.84. The van der Waals surface area contributed by atoms with E-state index in [0.29, 0.717) is 6.54 Å². The number of nitrogen functional groups attached to an aromatic ring is 1. The molecular formula is C15H13N3O. The zero-order valence-electron chi connectivity index (χ0n) is 10.3. The molecule has 2 heterocycles. The van der Waals surface area contributed by atoms with Crippen molar-refractivity contribution in [3.8, 4) is 0 Å². The molecule has 1 amide bonds. The molecular weight excluding hydrogens is 238 g/mol. The van der Waals surface area contributed by atoms with Crippen molar-refractivity contribution in [1.29, 1.82) is 0 Å². The number of hydrogen-bond acceptors (Lipinski definition) is 3. The molecule has 3 N–H and O–H groups in total. The van der Waals surface area contributed by atoms with Gasteiger partial charge in [-0.2, -0.15) is 0 Å². The minimum Gasteiger partial charge on any atom is -0.398 e. The number of nitrogens with one attached hydrogen (secondary N) is 1. The minimum absolute atomic E-state index is 0.167. The predicted octanol–water partition coefficient (Wildman–Crippen LogP) is 2.09. The maximum Gasteiger partial charge on any atom is 0.239 e. The van der Waals surface area contributed by atoms with Crippen LogP contribution in [-0.4, -0.2) is 17.4 Å². The molecule has 1 aliphatic rings. The number of nitrogens with zero attached hydrogens (tertiary/aromatic N) is 1. The molecule has 0 radical (unpaired) electrons. The van der Waals surface area contributed by atoms with Crippen molar-refractivity contribution in [3.63, 3.8) is 0 Å². The summed E-state index contributed by atoms with van der Waals surface area (Å²) in [7, 11) is 0. The average Bonchev–Trinajstić information content (AvgIpc) is 3.22. The number of hydrogen-bond donors (Lipinski definition) is 2. The summed E-state index contributed by atoms with van der Waals surface area (Å²) >= 11 is 0. The molecule has 0 unspecified atom stereocenters. The SMILES string of the molecule is Nc1c2ccccc2nc2ccccc12.O=C1CN1. The molecule has 19 heavy (non-hydrogen) atoms. The third-order valence-corrected chi connectivity index (χ3v) is 2.95. The van der Waals surface area contributed by atoms with Gasteiger partial charge in [0.1, 0.15) is 0 Å². The van der Waals surface area contributed by atoms with E-state index in [0.717, 1.165) is 27.5 Å². The fourth-order valence-corrected chi connectivity index (χ4v) is 1.91. The van der Waals surface area contributed by atoms with Gasteiger partial charge in [-0.05, 0) is 12.1 Å². The van der Waals surface area contributed by atoms with Gasteiger partial charge in [0.2, 0.25) is 5.91 Å². The molecule has 0 bridgehead atoms. The molecule has 94 valence electrons. The highest BCUT2D eigenvalue weighted by Gasteiger charge is 2.10. The van der Waals surface area contributed by atoms with Crippen molar-refractivity contribution in [2.75, 3.05) is 12.3 Å². The van der Waals surface area contributed by atoms with Gasteiger partial charge in [0.15, 0.2) is 0 Å². The molecule has 0 atom stereocenters. The van der Waals surface area contributed by atoms with Gasteiger partial charge < -0.3 is 11.1 Å². The average molecular weight is 251 g/mol. The summed E-state index contributed by atoms with van der Waals surface area (Å²) in [4.78, 5) is 14.0. The lowest BCUT2D eigenvalue weighted by Crippen LogP contribution is -1.91. The van der Waals surface area contributed by atoms with Crippen molar-refractivity contribution in [3.05, 3.63) is 48.5 Å². The van der Waals surface area contributed by atoms with Crippen LogP contribution in [0.25, 0.3) is 21.8 Å². The van der Waals surface area contributed by atoms with Gasteiger partial charge in [-0.25, -0.2) is 4.98 Å². The van der Waals surface area contributed by atoms with Gasteiger partial charge in [-0.1, -0.05) is 36.4 Å². The van der Waals surface area contributed by atoms with Gasteiger partial charge in [-0.15, -0.1) is 0 Å². The normalized spacial score (nSPS) is 12.7. The Morgan fingerprint density at radius 2 is 1.37 bits per heavy atom. The van der Waals surface area contributed by atoms with Gasteiger partial charge in [0, 0.05) is 10.8 Å². The number of para-hydroxylation sites is 2. The summed E-state index contributed by atoms with van der Waals surface area (Å²) < 4.78 is 0. The minimum atomic E-state index is 0.167. The molecule has 4 rings (SSSR count). The number of amides is 1. The van der Waals surface area contributed by atoms with Crippen LogP contribution < -0.4 is 11.1 Å². The summed E-state index contributed by atoms with van der Waals surface area (Å²) in [5.74, 6) is 0.167. The second-order valence-electron chi connectivity index (χ2n) is 4.34. The molecule has 4 heteroatoms. The molecule has 1 aromatic heterocycles. The smallest absolute Gasteiger partial charge is 0.239 e. The van der Waals surface area contributed by atoms with Crippen LogP contribution in [-0.2, 0) is 4.79 Å². The third kappa shape index (κ3) is 2.33. The Morgan fingerprint density at radius 3 is 1.79 bits per heavy atom. The standard InChI is InChI=1S/C13H10N2.C2H3NO/c14-13-9-5-1-3-7-11(9)15-12-8-4-2-6-10(12)13;4-2-1-3-2/h1-8H,(H2,14,15);1H2,(H,3,4). The lowest BCUT2D eigenvalue weighted by Gasteiger charge is -2.05. The van der Waals surface area contributed by atoms with Crippen molar-refractivity contribution in [1.82, 2.24) is 10.3 Å². The van der Waals surface area contributed by atoms with Crippen LogP contribution in [0.4, 0.5) is 5.69 Å². The Bertz CT molecular complexity index is 708. The number of fused-ring (bicyclic) bond motifs is 2. The highest BCUT2D eigenvalue weighted by Crippen LogP contribution is 2.27. The molecule has 0 spiro atoms. The van der Waals surface area contributed by atoms with E-state index in [4.69, 9.17) is 5.73 Å². The zero-order valence-corrected chi connectivity index (χ0v) is 10.3. The molecule has 0 saturated carbocycles. The van der Waals surface area contributed by atoms with Crippen molar-refractivity contribution < 1.29 is 4.79 Å². The molecule has 4 nitrogen and oxygen atoms in total. The van der Waals surface area contributed by atoms with Crippen LogP contribution in [0.3, 0.4) is 0 Å². The summed E-state index contributed by atoms with van der Waals surface area (Å²) in [6.45, 7) is 0.597. The van der Waals surface area contributed by atoms with Crippen LogP contribution in [0.2, 0.25) is 0 Å². The maximum absolute atomic E-state index is 9.44. The fraction of sp³-hybridized carbons (Fsp3) is 0.0667. The van der Waals surface area contributed by atoms with Crippen LogP contribution in [0, 0.1) is 0 Å². The highest BCUT2D eigenvalue weighted by molar-refractivity contribution is 6.06. The van der Waals surface area contributed by atoms with Crippen molar-refractivity contribution >= 4 is 33.4 Å². The molecule has 3 aromatic rings. The number of aromatic nitrogens is 1. The quantitative estimate of drug-likeness (QED) is 0.474. The Labute approximate surface area is 110 Å². The van der Waals surface area contributed by atoms with Gasteiger partial charge in [0.05, 0.1) is 23.3 Å². The monoisotopic (exact) mass is 251 g/mol. The Hall–Kier alpha value is -2.62. The lowest BCUT2D eigenvalue weighted by molar-refractivity contribution is -0.110. The first kappa shape index (κ1) is 11.5. The number of anilines is 1. The fourth-order valence-electron chi connectivity index (χ4n) is 1.91. The van der Waals surface area contributed by atoms with E-state index in [9.17, 15) is 4.79 Å². The number of carbonyl (C=O) groups is 1. The van der Waals surface area contributed by atoms with Crippen LogP contribution in [0.1, 0.15) is 0 Å². The van der Waals surface area contributed by atoms with E-state index in [-0.39, 0.29) is 5.91 Å². The summed E-state index contributed by atoms with van der Waals surface area (Å²) in [6.07, 6.45) is 0. The van der Waals surface area contributed by atoms with E-state index in [1.165, 1.54) is 0 Å².